The fraction of sp³-hybridized carbons (Fsp3) is 0.368. The van der Waals surface area contributed by atoms with Crippen molar-refractivity contribution in [2.45, 2.75) is 32.4 Å². The lowest BCUT2D eigenvalue weighted by Gasteiger charge is -2.24. The van der Waals surface area contributed by atoms with Crippen molar-refractivity contribution >= 4 is 0 Å². The van der Waals surface area contributed by atoms with Crippen molar-refractivity contribution in [3.05, 3.63) is 60.3 Å². The minimum Gasteiger partial charge on any atom is -0.436 e. The van der Waals surface area contributed by atoms with Crippen LogP contribution < -0.4 is 4.74 Å². The molecule has 0 N–H and O–H groups in total. The summed E-state index contributed by atoms with van der Waals surface area (Å²) in [6.45, 7) is 3.82. The number of hydrogen-bond donors (Lipinski definition) is 0. The Bertz CT molecular complexity index is 893. The van der Waals surface area contributed by atoms with Crippen molar-refractivity contribution in [1.82, 2.24) is 29.4 Å². The first-order chi connectivity index (χ1) is 12.7. The first-order valence-electron chi connectivity index (χ1n) is 8.81. The number of aromatic nitrogens is 5. The van der Waals surface area contributed by atoms with Gasteiger partial charge < -0.3 is 9.30 Å². The highest BCUT2D eigenvalue weighted by molar-refractivity contribution is 5.29. The van der Waals surface area contributed by atoms with Gasteiger partial charge in [0.1, 0.15) is 0 Å². The van der Waals surface area contributed by atoms with Gasteiger partial charge in [-0.25, -0.2) is 9.97 Å². The number of hydrogen-bond acceptors (Lipinski definition) is 6. The molecule has 26 heavy (non-hydrogen) atoms. The van der Waals surface area contributed by atoms with Gasteiger partial charge in [-0.15, -0.1) is 0 Å². The summed E-state index contributed by atoms with van der Waals surface area (Å²) < 4.78 is 7.96. The van der Waals surface area contributed by atoms with Crippen LogP contribution in [-0.4, -0.2) is 35.9 Å². The summed E-state index contributed by atoms with van der Waals surface area (Å²) in [5.74, 6) is 1.21. The molecule has 1 aliphatic heterocycles. The highest BCUT2D eigenvalue weighted by atomic mass is 16.5. The number of aryl methyl sites for hydroxylation is 2. The van der Waals surface area contributed by atoms with E-state index in [-0.39, 0.29) is 6.04 Å². The van der Waals surface area contributed by atoms with Gasteiger partial charge in [0, 0.05) is 26.0 Å². The van der Waals surface area contributed by atoms with Crippen LogP contribution in [0.15, 0.2) is 43.2 Å². The summed E-state index contributed by atoms with van der Waals surface area (Å²) >= 11 is 0. The molecule has 1 atom stereocenters. The second-order valence-electron chi connectivity index (χ2n) is 6.60. The SMILES string of the molecule is Cc1ncccc1Oc1cncc(C2CCCN2Cc2cncn2C)n1. The minimum atomic E-state index is 0.246. The maximum Gasteiger partial charge on any atom is 0.238 e. The molecule has 0 radical (unpaired) electrons. The summed E-state index contributed by atoms with van der Waals surface area (Å²) in [6.07, 6.45) is 11.2. The van der Waals surface area contributed by atoms with Gasteiger partial charge in [-0.1, -0.05) is 0 Å². The van der Waals surface area contributed by atoms with E-state index in [9.17, 15) is 0 Å². The molecule has 0 saturated carbocycles. The lowest BCUT2D eigenvalue weighted by atomic mass is 10.1. The van der Waals surface area contributed by atoms with Gasteiger partial charge in [0.05, 0.1) is 41.8 Å². The van der Waals surface area contributed by atoms with Crippen molar-refractivity contribution in [1.29, 1.82) is 0 Å². The normalized spacial score (nSPS) is 17.5. The predicted octanol–water partition coefficient (Wildman–Crippen LogP) is 3.04. The van der Waals surface area contributed by atoms with Gasteiger partial charge >= 0.3 is 0 Å². The minimum absolute atomic E-state index is 0.246. The first kappa shape index (κ1) is 16.7. The van der Waals surface area contributed by atoms with Crippen LogP contribution in [0, 0.1) is 6.92 Å². The average Bonchev–Trinajstić information content (AvgIpc) is 3.27. The molecule has 3 aromatic rings. The van der Waals surface area contributed by atoms with E-state index in [2.05, 4.69) is 24.4 Å². The molecule has 4 heterocycles. The van der Waals surface area contributed by atoms with E-state index in [1.807, 2.05) is 44.8 Å². The molecular formula is C19H22N6O. The molecule has 0 aromatic carbocycles. The number of rotatable bonds is 5. The van der Waals surface area contributed by atoms with Gasteiger partial charge in [-0.2, -0.15) is 0 Å². The Hall–Kier alpha value is -2.80. The van der Waals surface area contributed by atoms with E-state index in [4.69, 9.17) is 9.72 Å². The molecule has 1 fully saturated rings. The summed E-state index contributed by atoms with van der Waals surface area (Å²) in [6, 6.07) is 3.99. The highest BCUT2D eigenvalue weighted by Gasteiger charge is 2.28. The Morgan fingerprint density at radius 2 is 2.15 bits per heavy atom. The van der Waals surface area contributed by atoms with Crippen LogP contribution in [0.2, 0.25) is 0 Å². The average molecular weight is 350 g/mol. The third-order valence-corrected chi connectivity index (χ3v) is 4.79. The highest BCUT2D eigenvalue weighted by Crippen LogP contribution is 2.33. The Balaban J connectivity index is 1.53. The van der Waals surface area contributed by atoms with Gasteiger partial charge in [-0.3, -0.25) is 14.9 Å². The molecule has 7 nitrogen and oxygen atoms in total. The van der Waals surface area contributed by atoms with E-state index in [1.54, 1.807) is 12.4 Å². The Labute approximate surface area is 152 Å². The van der Waals surface area contributed by atoms with Crippen LogP contribution in [0.3, 0.4) is 0 Å². The van der Waals surface area contributed by atoms with E-state index in [0.717, 1.165) is 37.3 Å². The number of nitrogens with zero attached hydrogens (tertiary/aromatic N) is 6. The summed E-state index contributed by atoms with van der Waals surface area (Å²) in [5.41, 5.74) is 2.98. The fourth-order valence-corrected chi connectivity index (χ4v) is 3.36. The number of imidazole rings is 1. The molecule has 1 aliphatic rings. The van der Waals surface area contributed by atoms with Crippen molar-refractivity contribution in [2.24, 2.45) is 7.05 Å². The zero-order valence-corrected chi connectivity index (χ0v) is 15.0. The number of ether oxygens (including phenoxy) is 1. The van der Waals surface area contributed by atoms with Crippen molar-refractivity contribution < 1.29 is 4.74 Å². The van der Waals surface area contributed by atoms with Crippen LogP contribution >= 0.6 is 0 Å². The van der Waals surface area contributed by atoms with Crippen molar-refractivity contribution in [2.75, 3.05) is 6.54 Å². The molecule has 0 aliphatic carbocycles. The third kappa shape index (κ3) is 3.43. The third-order valence-electron chi connectivity index (χ3n) is 4.79. The Morgan fingerprint density at radius 3 is 2.96 bits per heavy atom. The molecule has 1 unspecified atom stereocenters. The van der Waals surface area contributed by atoms with E-state index >= 15 is 0 Å². The maximum atomic E-state index is 5.90. The molecule has 0 amide bonds. The zero-order chi connectivity index (χ0) is 17.9. The smallest absolute Gasteiger partial charge is 0.238 e. The predicted molar refractivity (Wildman–Crippen MR) is 96.7 cm³/mol. The molecule has 0 bridgehead atoms. The molecule has 1 saturated heterocycles. The van der Waals surface area contributed by atoms with Crippen molar-refractivity contribution in [3.8, 4) is 11.6 Å². The van der Waals surface area contributed by atoms with E-state index < -0.39 is 0 Å². The molecule has 4 rings (SSSR count). The second kappa shape index (κ2) is 7.21. The van der Waals surface area contributed by atoms with Gasteiger partial charge in [0.25, 0.3) is 0 Å². The lowest BCUT2D eigenvalue weighted by Crippen LogP contribution is -2.24. The van der Waals surface area contributed by atoms with Crippen LogP contribution in [0.5, 0.6) is 11.6 Å². The Kier molecular flexibility index (Phi) is 4.62. The molecular weight excluding hydrogens is 328 g/mol. The first-order valence-corrected chi connectivity index (χ1v) is 8.81. The van der Waals surface area contributed by atoms with Crippen molar-refractivity contribution in [3.63, 3.8) is 0 Å². The molecule has 3 aromatic heterocycles. The van der Waals surface area contributed by atoms with Crippen LogP contribution in [0.1, 0.15) is 36.0 Å². The molecule has 134 valence electrons. The monoisotopic (exact) mass is 350 g/mol. The maximum absolute atomic E-state index is 5.90. The standard InChI is InChI=1S/C19H22N6O/c1-14-18(6-3-7-22-14)26-19-11-20-10-16(23-19)17-5-4-8-25(17)12-15-9-21-13-24(15)2/h3,6-7,9-11,13,17H,4-5,8,12H2,1-2H3. The topological polar surface area (TPSA) is 69.0 Å². The summed E-state index contributed by atoms with van der Waals surface area (Å²) in [5, 5.41) is 0. The van der Waals surface area contributed by atoms with Crippen LogP contribution in [0.25, 0.3) is 0 Å². The second-order valence-corrected chi connectivity index (χ2v) is 6.60. The van der Waals surface area contributed by atoms with Gasteiger partial charge in [0.15, 0.2) is 5.75 Å². The van der Waals surface area contributed by atoms with Crippen LogP contribution in [0.4, 0.5) is 0 Å². The van der Waals surface area contributed by atoms with E-state index in [1.165, 1.54) is 5.69 Å². The largest absolute Gasteiger partial charge is 0.436 e. The fourth-order valence-electron chi connectivity index (χ4n) is 3.36. The molecule has 0 spiro atoms. The van der Waals surface area contributed by atoms with E-state index in [0.29, 0.717) is 11.6 Å². The summed E-state index contributed by atoms with van der Waals surface area (Å²) in [7, 11) is 2.03. The number of likely N-dealkylation sites (tertiary alicyclic amines) is 1. The summed E-state index contributed by atoms with van der Waals surface area (Å²) in [4.78, 5) is 20.0. The van der Waals surface area contributed by atoms with Gasteiger partial charge in [-0.05, 0) is 38.4 Å². The van der Waals surface area contributed by atoms with Crippen LogP contribution in [-0.2, 0) is 13.6 Å². The lowest BCUT2D eigenvalue weighted by molar-refractivity contribution is 0.237. The quantitative estimate of drug-likeness (QED) is 0.704. The number of pyridine rings is 1. The van der Waals surface area contributed by atoms with Gasteiger partial charge in [0.2, 0.25) is 5.88 Å². The Morgan fingerprint density at radius 1 is 1.23 bits per heavy atom. The zero-order valence-electron chi connectivity index (χ0n) is 15.0. The molecule has 7 heteroatoms.